The van der Waals surface area contributed by atoms with E-state index < -0.39 is 5.91 Å². The van der Waals surface area contributed by atoms with Crippen LogP contribution in [0.2, 0.25) is 0 Å². The lowest BCUT2D eigenvalue weighted by Gasteiger charge is -2.36. The highest BCUT2D eigenvalue weighted by Crippen LogP contribution is 2.33. The molecule has 3 aromatic rings. The molecule has 0 saturated heterocycles. The summed E-state index contributed by atoms with van der Waals surface area (Å²) in [5, 5.41) is 11.3. The van der Waals surface area contributed by atoms with E-state index in [1.807, 2.05) is 43.3 Å². The molecule has 0 amide bonds. The quantitative estimate of drug-likeness (QED) is 0.473. The fraction of sp³-hybridized carbons (Fsp3) is 0.435. The summed E-state index contributed by atoms with van der Waals surface area (Å²) >= 11 is 1.55. The summed E-state index contributed by atoms with van der Waals surface area (Å²) in [6.45, 7) is 5.78. The Morgan fingerprint density at radius 3 is 2.62 bits per heavy atom. The first kappa shape index (κ1) is 20.3. The predicted octanol–water partition coefficient (Wildman–Crippen LogP) is 5.05. The second-order valence-electron chi connectivity index (χ2n) is 7.70. The monoisotopic (exact) mass is 412 g/mol. The van der Waals surface area contributed by atoms with E-state index in [1.165, 1.54) is 18.4 Å². The van der Waals surface area contributed by atoms with E-state index >= 15 is 0 Å². The topological polar surface area (TPSA) is 54.8 Å². The van der Waals surface area contributed by atoms with E-state index in [9.17, 15) is 5.11 Å². The lowest BCUT2D eigenvalue weighted by atomic mass is 10.1. The van der Waals surface area contributed by atoms with Crippen molar-refractivity contribution in [1.29, 1.82) is 0 Å². The van der Waals surface area contributed by atoms with E-state index in [-0.39, 0.29) is 0 Å². The van der Waals surface area contributed by atoms with Crippen molar-refractivity contribution in [3.63, 3.8) is 0 Å². The first-order valence-electron chi connectivity index (χ1n) is 10.3. The van der Waals surface area contributed by atoms with Crippen molar-refractivity contribution in [1.82, 2.24) is 9.88 Å². The average molecular weight is 413 g/mol. The number of aliphatic hydroxyl groups is 1. The molecular formula is C23H28N2O3S. The average Bonchev–Trinajstić information content (AvgIpc) is 3.43. The van der Waals surface area contributed by atoms with Crippen LogP contribution < -0.4 is 4.74 Å². The van der Waals surface area contributed by atoms with Gasteiger partial charge in [-0.25, -0.2) is 4.98 Å². The second kappa shape index (κ2) is 8.79. The van der Waals surface area contributed by atoms with Crippen LogP contribution >= 0.6 is 11.3 Å². The van der Waals surface area contributed by atoms with Crippen LogP contribution in [-0.4, -0.2) is 40.6 Å². The lowest BCUT2D eigenvalue weighted by molar-refractivity contribution is -0.280. The van der Waals surface area contributed by atoms with Crippen LogP contribution in [0.3, 0.4) is 0 Å². The van der Waals surface area contributed by atoms with E-state index in [2.05, 4.69) is 22.0 Å². The highest BCUT2D eigenvalue weighted by molar-refractivity contribution is 7.20. The minimum atomic E-state index is -1.22. The van der Waals surface area contributed by atoms with Gasteiger partial charge >= 0.3 is 0 Å². The van der Waals surface area contributed by atoms with Crippen molar-refractivity contribution in [2.24, 2.45) is 5.92 Å². The Morgan fingerprint density at radius 1 is 1.17 bits per heavy atom. The maximum Gasteiger partial charge on any atom is 0.279 e. The number of para-hydroxylation sites is 1. The van der Waals surface area contributed by atoms with Crippen LogP contribution in [0.25, 0.3) is 10.2 Å². The molecular weight excluding hydrogens is 384 g/mol. The molecule has 6 heteroatoms. The smallest absolute Gasteiger partial charge is 0.279 e. The molecule has 1 saturated carbocycles. The maximum absolute atomic E-state index is 10.7. The van der Waals surface area contributed by atoms with Crippen molar-refractivity contribution in [2.75, 3.05) is 19.7 Å². The van der Waals surface area contributed by atoms with Gasteiger partial charge in [-0.15, -0.1) is 0 Å². The van der Waals surface area contributed by atoms with E-state index in [0.29, 0.717) is 17.7 Å². The third-order valence-electron chi connectivity index (χ3n) is 5.25. The zero-order chi connectivity index (χ0) is 20.3. The normalized spacial score (nSPS) is 16.3. The molecule has 1 aromatic heterocycles. The summed E-state index contributed by atoms with van der Waals surface area (Å²) in [6.07, 6.45) is 3.34. The Hall–Kier alpha value is -1.99. The van der Waals surface area contributed by atoms with Crippen LogP contribution in [0.1, 0.15) is 32.3 Å². The Kier molecular flexibility index (Phi) is 6.15. The van der Waals surface area contributed by atoms with Crippen molar-refractivity contribution in [3.05, 3.63) is 54.1 Å². The molecule has 2 aromatic carbocycles. The largest absolute Gasteiger partial charge is 0.431 e. The third-order valence-corrected chi connectivity index (χ3v) is 6.17. The molecule has 5 nitrogen and oxygen atoms in total. The molecule has 1 aliphatic carbocycles. The summed E-state index contributed by atoms with van der Waals surface area (Å²) < 4.78 is 12.6. The van der Waals surface area contributed by atoms with E-state index in [4.69, 9.17) is 9.47 Å². The molecule has 0 bridgehead atoms. The number of nitrogens with zero attached hydrogens (tertiary/aromatic N) is 2. The Labute approximate surface area is 175 Å². The molecule has 1 N–H and O–H groups in total. The first-order valence-corrected chi connectivity index (χ1v) is 11.1. The molecule has 4 rings (SSSR count). The SMILES string of the molecule is CCOC(C)(O)N(CCc1ccc(Oc2nc3ccccc3s2)cc1)CC1CC1. The zero-order valence-corrected chi connectivity index (χ0v) is 17.8. The number of aromatic nitrogens is 1. The number of fused-ring (bicyclic) bond motifs is 1. The third kappa shape index (κ3) is 5.34. The minimum Gasteiger partial charge on any atom is -0.431 e. The summed E-state index contributed by atoms with van der Waals surface area (Å²) in [5.74, 6) is 0.253. The highest BCUT2D eigenvalue weighted by atomic mass is 32.1. The molecule has 0 radical (unpaired) electrons. The molecule has 1 fully saturated rings. The minimum absolute atomic E-state index is 0.492. The number of benzene rings is 2. The second-order valence-corrected chi connectivity index (χ2v) is 8.69. The van der Waals surface area contributed by atoms with E-state index in [0.717, 1.165) is 35.5 Å². The first-order chi connectivity index (χ1) is 14.0. The van der Waals surface area contributed by atoms with Gasteiger partial charge in [-0.3, -0.25) is 4.90 Å². The lowest BCUT2D eigenvalue weighted by Crippen LogP contribution is -2.50. The van der Waals surface area contributed by atoms with Gasteiger partial charge in [0, 0.05) is 26.6 Å². The molecule has 1 atom stereocenters. The molecule has 1 aliphatic rings. The zero-order valence-electron chi connectivity index (χ0n) is 17.0. The van der Waals surface area contributed by atoms with Crippen molar-refractivity contribution in [2.45, 2.75) is 39.0 Å². The van der Waals surface area contributed by atoms with Crippen LogP contribution in [0, 0.1) is 5.92 Å². The van der Waals surface area contributed by atoms with E-state index in [1.54, 1.807) is 18.3 Å². The fourth-order valence-corrected chi connectivity index (χ4v) is 4.26. The van der Waals surface area contributed by atoms with Gasteiger partial charge in [0.2, 0.25) is 5.91 Å². The van der Waals surface area contributed by atoms with Gasteiger partial charge in [-0.2, -0.15) is 0 Å². The van der Waals surface area contributed by atoms with Crippen molar-refractivity contribution in [3.8, 4) is 10.9 Å². The van der Waals surface area contributed by atoms with Gasteiger partial charge in [0.15, 0.2) is 0 Å². The number of ether oxygens (including phenoxy) is 2. The number of thiazole rings is 1. The summed E-state index contributed by atoms with van der Waals surface area (Å²) in [7, 11) is 0. The number of hydrogen-bond donors (Lipinski definition) is 1. The van der Waals surface area contributed by atoms with Crippen LogP contribution in [0.5, 0.6) is 10.9 Å². The van der Waals surface area contributed by atoms with Crippen molar-refractivity contribution >= 4 is 21.6 Å². The van der Waals surface area contributed by atoms with Gasteiger partial charge in [-0.1, -0.05) is 35.6 Å². The molecule has 1 unspecified atom stereocenters. The van der Waals surface area contributed by atoms with Gasteiger partial charge in [-0.05, 0) is 61.9 Å². The number of rotatable bonds is 10. The van der Waals surface area contributed by atoms with Crippen molar-refractivity contribution < 1.29 is 14.6 Å². The summed E-state index contributed by atoms with van der Waals surface area (Å²) in [6, 6.07) is 16.1. The predicted molar refractivity (Wildman–Crippen MR) is 116 cm³/mol. The van der Waals surface area contributed by atoms with Gasteiger partial charge < -0.3 is 14.6 Å². The fourth-order valence-electron chi connectivity index (χ4n) is 3.43. The summed E-state index contributed by atoms with van der Waals surface area (Å²) in [5.41, 5.74) is 2.16. The Balaban J connectivity index is 1.36. The highest BCUT2D eigenvalue weighted by Gasteiger charge is 2.34. The Morgan fingerprint density at radius 2 is 1.93 bits per heavy atom. The maximum atomic E-state index is 10.7. The molecule has 1 heterocycles. The van der Waals surface area contributed by atoms with Crippen LogP contribution in [0.15, 0.2) is 48.5 Å². The number of hydrogen-bond acceptors (Lipinski definition) is 6. The van der Waals surface area contributed by atoms with Gasteiger partial charge in [0.05, 0.1) is 10.2 Å². The molecule has 0 spiro atoms. The van der Waals surface area contributed by atoms with Crippen LogP contribution in [0.4, 0.5) is 0 Å². The standard InChI is InChI=1S/C23H28N2O3S/c1-3-27-23(2,26)25(16-18-8-9-18)15-14-17-10-12-19(13-11-17)28-22-24-20-6-4-5-7-21(20)29-22/h4-7,10-13,18,26H,3,8-9,14-16H2,1-2H3. The molecule has 154 valence electrons. The molecule has 29 heavy (non-hydrogen) atoms. The van der Waals surface area contributed by atoms with Gasteiger partial charge in [0.1, 0.15) is 5.75 Å². The van der Waals surface area contributed by atoms with Crippen LogP contribution in [-0.2, 0) is 11.2 Å². The van der Waals surface area contributed by atoms with Gasteiger partial charge in [0.25, 0.3) is 5.19 Å². The Bertz CT molecular complexity index is 902. The summed E-state index contributed by atoms with van der Waals surface area (Å²) in [4.78, 5) is 6.57. The molecule has 0 aliphatic heterocycles.